The SMILES string of the molecule is CCCCCCCCOc1ccc(C2=NC(c3ccc(OCCCCCCCC)cc3O)N(c3ccc(C)cc3C)C(c3ccc(OCCCCCCCC)cc3O)=N2)c(O)c1. The molecule has 9 heteroatoms. The molecule has 336 valence electrons. The minimum absolute atomic E-state index is 0.00992. The lowest BCUT2D eigenvalue weighted by Crippen LogP contribution is -2.39. The molecule has 0 bridgehead atoms. The monoisotopic (exact) mass is 848 g/mol. The van der Waals surface area contributed by atoms with Crippen molar-refractivity contribution in [2.75, 3.05) is 24.7 Å². The number of nitrogens with zero attached hydrogens (tertiary/aromatic N) is 3. The first-order valence-electron chi connectivity index (χ1n) is 23.6. The Morgan fingerprint density at radius 1 is 0.500 bits per heavy atom. The number of amidine groups is 2. The van der Waals surface area contributed by atoms with Gasteiger partial charge in [0, 0.05) is 29.4 Å². The Kier molecular flexibility index (Phi) is 19.8. The maximum atomic E-state index is 11.8. The molecule has 4 aromatic carbocycles. The summed E-state index contributed by atoms with van der Waals surface area (Å²) in [5.74, 6) is 2.34. The van der Waals surface area contributed by atoms with Gasteiger partial charge < -0.3 is 29.5 Å². The highest BCUT2D eigenvalue weighted by atomic mass is 16.5. The van der Waals surface area contributed by atoms with Crippen LogP contribution in [0.1, 0.15) is 170 Å². The highest BCUT2D eigenvalue weighted by molar-refractivity contribution is 6.21. The van der Waals surface area contributed by atoms with E-state index in [2.05, 4.69) is 26.8 Å². The molecular formula is C53H73N3O6. The number of hydrogen-bond donors (Lipinski definition) is 3. The Balaban J connectivity index is 1.50. The van der Waals surface area contributed by atoms with Crippen LogP contribution in [0.3, 0.4) is 0 Å². The maximum absolute atomic E-state index is 11.8. The smallest absolute Gasteiger partial charge is 0.163 e. The number of benzene rings is 4. The number of phenols is 3. The minimum Gasteiger partial charge on any atom is -0.507 e. The van der Waals surface area contributed by atoms with Crippen molar-refractivity contribution in [3.8, 4) is 34.5 Å². The van der Waals surface area contributed by atoms with Crippen LogP contribution in [-0.2, 0) is 0 Å². The fraction of sp³-hybridized carbons (Fsp3) is 0.509. The topological polar surface area (TPSA) is 116 Å². The summed E-state index contributed by atoms with van der Waals surface area (Å²) >= 11 is 0. The predicted molar refractivity (Wildman–Crippen MR) is 255 cm³/mol. The van der Waals surface area contributed by atoms with Crippen LogP contribution in [0, 0.1) is 13.8 Å². The first kappa shape index (κ1) is 47.9. The molecule has 0 spiro atoms. The van der Waals surface area contributed by atoms with Crippen LogP contribution in [0.4, 0.5) is 5.69 Å². The molecular weight excluding hydrogens is 775 g/mol. The van der Waals surface area contributed by atoms with Crippen molar-refractivity contribution >= 4 is 17.4 Å². The number of phenolic OH excluding ortho intramolecular Hbond substituents is 3. The molecule has 3 N–H and O–H groups in total. The molecule has 0 saturated heterocycles. The molecule has 1 atom stereocenters. The first-order valence-corrected chi connectivity index (χ1v) is 23.6. The van der Waals surface area contributed by atoms with Gasteiger partial charge in [0.05, 0.1) is 30.9 Å². The van der Waals surface area contributed by atoms with E-state index in [-0.39, 0.29) is 23.1 Å². The zero-order valence-corrected chi connectivity index (χ0v) is 38.3. The van der Waals surface area contributed by atoms with Gasteiger partial charge in [-0.15, -0.1) is 0 Å². The van der Waals surface area contributed by atoms with Gasteiger partial charge in [-0.3, -0.25) is 4.90 Å². The van der Waals surface area contributed by atoms with Crippen molar-refractivity contribution in [1.82, 2.24) is 0 Å². The lowest BCUT2D eigenvalue weighted by atomic mass is 10.0. The molecule has 62 heavy (non-hydrogen) atoms. The molecule has 5 rings (SSSR count). The van der Waals surface area contributed by atoms with E-state index < -0.39 is 6.17 Å². The molecule has 4 aromatic rings. The van der Waals surface area contributed by atoms with Crippen LogP contribution in [-0.4, -0.2) is 46.8 Å². The number of aliphatic imine (C=N–C) groups is 2. The third kappa shape index (κ3) is 14.2. The van der Waals surface area contributed by atoms with Gasteiger partial charge >= 0.3 is 0 Å². The summed E-state index contributed by atoms with van der Waals surface area (Å²) in [5, 5.41) is 35.1. The molecule has 1 heterocycles. The van der Waals surface area contributed by atoms with E-state index in [0.717, 1.165) is 55.3 Å². The van der Waals surface area contributed by atoms with Gasteiger partial charge in [-0.05, 0) is 81.1 Å². The molecule has 1 unspecified atom stereocenters. The lowest BCUT2D eigenvalue weighted by Gasteiger charge is -2.37. The Labute approximate surface area is 371 Å². The van der Waals surface area contributed by atoms with Crippen LogP contribution >= 0.6 is 0 Å². The predicted octanol–water partition coefficient (Wildman–Crippen LogP) is 14.1. The number of anilines is 1. The molecule has 0 aliphatic carbocycles. The molecule has 1 aliphatic heterocycles. The van der Waals surface area contributed by atoms with Gasteiger partial charge in [0.1, 0.15) is 40.3 Å². The number of aryl methyl sites for hydroxylation is 2. The fourth-order valence-electron chi connectivity index (χ4n) is 7.95. The van der Waals surface area contributed by atoms with Gasteiger partial charge in [0.2, 0.25) is 0 Å². The van der Waals surface area contributed by atoms with E-state index in [1.165, 1.54) is 77.0 Å². The molecule has 0 aromatic heterocycles. The van der Waals surface area contributed by atoms with E-state index in [4.69, 9.17) is 24.2 Å². The van der Waals surface area contributed by atoms with Crippen LogP contribution in [0.2, 0.25) is 0 Å². The second kappa shape index (κ2) is 25.7. The van der Waals surface area contributed by atoms with Crippen molar-refractivity contribution < 1.29 is 29.5 Å². The average Bonchev–Trinajstić information content (AvgIpc) is 3.25. The fourth-order valence-corrected chi connectivity index (χ4v) is 7.95. The van der Waals surface area contributed by atoms with E-state index in [0.29, 0.717) is 59.6 Å². The van der Waals surface area contributed by atoms with Gasteiger partial charge in [-0.2, -0.15) is 0 Å². The number of rotatable bonds is 28. The number of hydrogen-bond acceptors (Lipinski definition) is 9. The molecule has 0 saturated carbocycles. The summed E-state index contributed by atoms with van der Waals surface area (Å²) in [7, 11) is 0. The minimum atomic E-state index is -0.849. The molecule has 9 nitrogen and oxygen atoms in total. The number of ether oxygens (including phenoxy) is 3. The lowest BCUT2D eigenvalue weighted by molar-refractivity contribution is 0.302. The summed E-state index contributed by atoms with van der Waals surface area (Å²) in [5.41, 5.74) is 4.22. The molecule has 0 radical (unpaired) electrons. The van der Waals surface area contributed by atoms with Crippen molar-refractivity contribution in [2.24, 2.45) is 9.98 Å². The Bertz CT molecular complexity index is 2040. The van der Waals surface area contributed by atoms with Gasteiger partial charge in [0.15, 0.2) is 12.0 Å². The third-order valence-corrected chi connectivity index (χ3v) is 11.5. The van der Waals surface area contributed by atoms with Crippen molar-refractivity contribution in [3.63, 3.8) is 0 Å². The van der Waals surface area contributed by atoms with Crippen LogP contribution in [0.25, 0.3) is 0 Å². The highest BCUT2D eigenvalue weighted by Crippen LogP contribution is 2.42. The Morgan fingerprint density at radius 3 is 1.42 bits per heavy atom. The quantitative estimate of drug-likeness (QED) is 0.0487. The number of unbranched alkanes of at least 4 members (excludes halogenated alkanes) is 15. The summed E-state index contributed by atoms with van der Waals surface area (Å²) in [6.45, 7) is 12.4. The standard InChI is InChI=1S/C53H73N3O6/c1-6-9-12-15-18-21-32-60-41-25-28-44(48(57)36-41)51-54-52(45-29-26-42(37-49(45)58)61-33-22-19-16-13-10-7-2)56(47-31-24-39(4)35-40(47)5)53(55-51)46-30-27-43(38-50(46)59)62-34-23-20-17-14-11-8-3/h24-31,35-38,52,57-59H,6-23,32-34H2,1-5H3. The maximum Gasteiger partial charge on any atom is 0.163 e. The van der Waals surface area contributed by atoms with Crippen LogP contribution in [0.15, 0.2) is 82.8 Å². The van der Waals surface area contributed by atoms with Crippen LogP contribution in [0.5, 0.6) is 34.5 Å². The third-order valence-electron chi connectivity index (χ3n) is 11.5. The first-order chi connectivity index (χ1) is 30.2. The zero-order valence-electron chi connectivity index (χ0n) is 38.3. The average molecular weight is 848 g/mol. The summed E-state index contributed by atoms with van der Waals surface area (Å²) in [6, 6.07) is 22.0. The van der Waals surface area contributed by atoms with E-state index in [1.807, 2.05) is 61.2 Å². The van der Waals surface area contributed by atoms with Crippen molar-refractivity contribution in [2.45, 2.75) is 156 Å². The van der Waals surface area contributed by atoms with Crippen LogP contribution < -0.4 is 19.1 Å². The van der Waals surface area contributed by atoms with Gasteiger partial charge in [-0.1, -0.05) is 135 Å². The van der Waals surface area contributed by atoms with E-state index >= 15 is 0 Å². The van der Waals surface area contributed by atoms with Gasteiger partial charge in [-0.25, -0.2) is 9.98 Å². The normalized spacial score (nSPS) is 13.8. The van der Waals surface area contributed by atoms with E-state index in [9.17, 15) is 15.3 Å². The van der Waals surface area contributed by atoms with Gasteiger partial charge in [0.25, 0.3) is 0 Å². The van der Waals surface area contributed by atoms with Crippen molar-refractivity contribution in [3.05, 3.63) is 101 Å². The highest BCUT2D eigenvalue weighted by Gasteiger charge is 2.35. The summed E-state index contributed by atoms with van der Waals surface area (Å²) < 4.78 is 18.3. The Hall–Kier alpha value is -5.18. The largest absolute Gasteiger partial charge is 0.507 e. The second-order valence-electron chi connectivity index (χ2n) is 16.8. The molecule has 0 fully saturated rings. The van der Waals surface area contributed by atoms with E-state index in [1.54, 1.807) is 24.3 Å². The summed E-state index contributed by atoms with van der Waals surface area (Å²) in [4.78, 5) is 12.3. The Morgan fingerprint density at radius 2 is 0.952 bits per heavy atom. The molecule has 0 amide bonds. The second-order valence-corrected chi connectivity index (χ2v) is 16.8. The number of aromatic hydroxyl groups is 3. The zero-order chi connectivity index (χ0) is 44.1. The summed E-state index contributed by atoms with van der Waals surface area (Å²) in [6.07, 6.45) is 20.0. The molecule has 1 aliphatic rings. The van der Waals surface area contributed by atoms with Crippen molar-refractivity contribution in [1.29, 1.82) is 0 Å².